The number of rotatable bonds is 4. The zero-order valence-electron chi connectivity index (χ0n) is 8.57. The van der Waals surface area contributed by atoms with Gasteiger partial charge in [0.15, 0.2) is 0 Å². The molecular weight excluding hydrogens is 179 g/mol. The number of nitrogens with one attached hydrogen (secondary N) is 1. The molecule has 80 valence electrons. The number of hydrogen-bond acceptors (Lipinski definition) is 1. The van der Waals surface area contributed by atoms with Crippen LogP contribution in [0.25, 0.3) is 0 Å². The van der Waals surface area contributed by atoms with Crippen molar-refractivity contribution in [3.63, 3.8) is 0 Å². The van der Waals surface area contributed by atoms with Crippen LogP contribution in [-0.2, 0) is 0 Å². The van der Waals surface area contributed by atoms with Crippen molar-refractivity contribution < 1.29 is 13.2 Å². The average molecular weight is 197 g/mol. The molecule has 0 aromatic heterocycles. The molecule has 13 heavy (non-hydrogen) atoms. The van der Waals surface area contributed by atoms with Crippen molar-refractivity contribution in [2.75, 3.05) is 0 Å². The molecule has 0 aliphatic carbocycles. The quantitative estimate of drug-likeness (QED) is 0.730. The van der Waals surface area contributed by atoms with E-state index in [1.54, 1.807) is 20.8 Å². The first-order chi connectivity index (χ1) is 5.79. The normalized spacial score (nSPS) is 17.5. The molecule has 0 saturated heterocycles. The second-order valence-electron chi connectivity index (χ2n) is 3.74. The van der Waals surface area contributed by atoms with E-state index in [0.29, 0.717) is 6.42 Å². The van der Waals surface area contributed by atoms with Gasteiger partial charge >= 0.3 is 6.18 Å². The van der Waals surface area contributed by atoms with Crippen LogP contribution < -0.4 is 5.32 Å². The van der Waals surface area contributed by atoms with E-state index in [2.05, 4.69) is 5.32 Å². The van der Waals surface area contributed by atoms with Gasteiger partial charge < -0.3 is 5.32 Å². The maximum atomic E-state index is 12.4. The Morgan fingerprint density at radius 3 is 1.85 bits per heavy atom. The summed E-state index contributed by atoms with van der Waals surface area (Å²) in [5, 5.41) is 2.58. The van der Waals surface area contributed by atoms with E-state index >= 15 is 0 Å². The molecule has 0 fully saturated rings. The van der Waals surface area contributed by atoms with Gasteiger partial charge in [0.05, 0.1) is 0 Å². The molecule has 4 heteroatoms. The number of alkyl halides is 3. The molecule has 0 bridgehead atoms. The van der Waals surface area contributed by atoms with Crippen molar-refractivity contribution in [1.82, 2.24) is 5.32 Å². The second kappa shape index (κ2) is 4.84. The van der Waals surface area contributed by atoms with Crippen LogP contribution >= 0.6 is 0 Å². The summed E-state index contributed by atoms with van der Waals surface area (Å²) in [5.74, 6) is -0.422. The van der Waals surface area contributed by atoms with E-state index in [4.69, 9.17) is 0 Å². The minimum Gasteiger partial charge on any atom is -0.303 e. The Bertz CT molecular complexity index is 142. The van der Waals surface area contributed by atoms with Crippen molar-refractivity contribution in [2.24, 2.45) is 5.92 Å². The predicted octanol–water partition coefficient (Wildman–Crippen LogP) is 2.96. The second-order valence-corrected chi connectivity index (χ2v) is 3.74. The molecule has 0 aromatic carbocycles. The number of halogens is 3. The van der Waals surface area contributed by atoms with Crippen LogP contribution in [0.3, 0.4) is 0 Å². The van der Waals surface area contributed by atoms with Crippen LogP contribution in [-0.4, -0.2) is 18.3 Å². The molecule has 0 aliphatic heterocycles. The zero-order valence-corrected chi connectivity index (χ0v) is 8.57. The van der Waals surface area contributed by atoms with Crippen LogP contribution in [0.5, 0.6) is 0 Å². The van der Waals surface area contributed by atoms with E-state index < -0.39 is 18.1 Å². The highest BCUT2D eigenvalue weighted by Crippen LogP contribution is 2.25. The fraction of sp³-hybridized carbons (Fsp3) is 1.00. The molecule has 0 saturated carbocycles. The minimum absolute atomic E-state index is 0.0889. The lowest BCUT2D eigenvalue weighted by atomic mass is 10.0. The standard InChI is InChI=1S/C9H18F3N/c1-5-7(4)13-8(6(2)3)9(10,11)12/h6-8,13H,5H2,1-4H3/t7-,8+/m1/s1. The van der Waals surface area contributed by atoms with Gasteiger partial charge in [-0.3, -0.25) is 0 Å². The summed E-state index contributed by atoms with van der Waals surface area (Å²) >= 11 is 0. The highest BCUT2D eigenvalue weighted by atomic mass is 19.4. The summed E-state index contributed by atoms with van der Waals surface area (Å²) in [4.78, 5) is 0. The van der Waals surface area contributed by atoms with Gasteiger partial charge in [0.25, 0.3) is 0 Å². The molecule has 0 radical (unpaired) electrons. The topological polar surface area (TPSA) is 12.0 Å². The highest BCUT2D eigenvalue weighted by molar-refractivity contribution is 4.80. The lowest BCUT2D eigenvalue weighted by Crippen LogP contribution is -2.49. The Morgan fingerprint density at radius 2 is 1.62 bits per heavy atom. The summed E-state index contributed by atoms with van der Waals surface area (Å²) in [5.41, 5.74) is 0. The third-order valence-corrected chi connectivity index (χ3v) is 2.10. The van der Waals surface area contributed by atoms with Crippen molar-refractivity contribution in [1.29, 1.82) is 0 Å². The van der Waals surface area contributed by atoms with Gasteiger partial charge in [-0.25, -0.2) is 0 Å². The van der Waals surface area contributed by atoms with Crippen LogP contribution in [0.1, 0.15) is 34.1 Å². The monoisotopic (exact) mass is 197 g/mol. The van der Waals surface area contributed by atoms with Crippen LogP contribution in [0.2, 0.25) is 0 Å². The van der Waals surface area contributed by atoms with Gasteiger partial charge in [0.1, 0.15) is 6.04 Å². The third-order valence-electron chi connectivity index (χ3n) is 2.10. The molecule has 1 N–H and O–H groups in total. The molecule has 0 amide bonds. The fourth-order valence-electron chi connectivity index (χ4n) is 1.09. The van der Waals surface area contributed by atoms with E-state index in [0.717, 1.165) is 0 Å². The maximum Gasteiger partial charge on any atom is 0.404 e. The Balaban J connectivity index is 4.28. The van der Waals surface area contributed by atoms with E-state index in [-0.39, 0.29) is 6.04 Å². The largest absolute Gasteiger partial charge is 0.404 e. The average Bonchev–Trinajstić information content (AvgIpc) is 1.96. The first kappa shape index (κ1) is 12.8. The molecule has 0 aromatic rings. The molecule has 0 spiro atoms. The van der Waals surface area contributed by atoms with E-state index in [9.17, 15) is 13.2 Å². The molecule has 2 atom stereocenters. The first-order valence-electron chi connectivity index (χ1n) is 4.61. The molecule has 0 heterocycles. The van der Waals surface area contributed by atoms with Crippen LogP contribution in [0, 0.1) is 5.92 Å². The van der Waals surface area contributed by atoms with Gasteiger partial charge in [0, 0.05) is 6.04 Å². The van der Waals surface area contributed by atoms with Crippen LogP contribution in [0.15, 0.2) is 0 Å². The number of hydrogen-bond donors (Lipinski definition) is 1. The molecule has 0 aliphatic rings. The van der Waals surface area contributed by atoms with Gasteiger partial charge in [0.2, 0.25) is 0 Å². The van der Waals surface area contributed by atoms with Crippen LogP contribution in [0.4, 0.5) is 13.2 Å². The van der Waals surface area contributed by atoms with Gasteiger partial charge in [-0.05, 0) is 19.3 Å². The van der Waals surface area contributed by atoms with Gasteiger partial charge in [-0.1, -0.05) is 20.8 Å². The Morgan fingerprint density at radius 1 is 1.15 bits per heavy atom. The van der Waals surface area contributed by atoms with E-state index in [1.807, 2.05) is 6.92 Å². The Labute approximate surface area is 77.7 Å². The molecule has 1 nitrogen and oxygen atoms in total. The fourth-order valence-corrected chi connectivity index (χ4v) is 1.09. The van der Waals surface area contributed by atoms with Crippen molar-refractivity contribution in [2.45, 2.75) is 52.4 Å². The van der Waals surface area contributed by atoms with Crippen molar-refractivity contribution in [3.05, 3.63) is 0 Å². The predicted molar refractivity (Wildman–Crippen MR) is 47.6 cm³/mol. The van der Waals surface area contributed by atoms with Gasteiger partial charge in [-0.2, -0.15) is 13.2 Å². The summed E-state index contributed by atoms with van der Waals surface area (Å²) in [7, 11) is 0. The highest BCUT2D eigenvalue weighted by Gasteiger charge is 2.41. The Hall–Kier alpha value is -0.250. The van der Waals surface area contributed by atoms with Crippen molar-refractivity contribution >= 4 is 0 Å². The van der Waals surface area contributed by atoms with Crippen molar-refractivity contribution in [3.8, 4) is 0 Å². The molecular formula is C9H18F3N. The maximum absolute atomic E-state index is 12.4. The van der Waals surface area contributed by atoms with Gasteiger partial charge in [-0.15, -0.1) is 0 Å². The lowest BCUT2D eigenvalue weighted by Gasteiger charge is -2.27. The summed E-state index contributed by atoms with van der Waals surface area (Å²) < 4.78 is 37.2. The smallest absolute Gasteiger partial charge is 0.303 e. The first-order valence-corrected chi connectivity index (χ1v) is 4.61. The SMILES string of the molecule is CC[C@@H](C)N[C@@H](C(C)C)C(F)(F)F. The Kier molecular flexibility index (Phi) is 4.75. The molecule has 0 unspecified atom stereocenters. The van der Waals surface area contributed by atoms with E-state index in [1.165, 1.54) is 0 Å². The molecule has 0 rings (SSSR count). The zero-order chi connectivity index (χ0) is 10.6. The minimum atomic E-state index is -4.14. The lowest BCUT2D eigenvalue weighted by molar-refractivity contribution is -0.167. The third kappa shape index (κ3) is 4.50. The summed E-state index contributed by atoms with van der Waals surface area (Å²) in [6.07, 6.45) is -3.43. The summed E-state index contributed by atoms with van der Waals surface area (Å²) in [6.45, 7) is 6.79. The summed E-state index contributed by atoms with van der Waals surface area (Å²) in [6, 6.07) is -1.48.